The highest BCUT2D eigenvalue weighted by Gasteiger charge is 2.06. The summed E-state index contributed by atoms with van der Waals surface area (Å²) in [5, 5.41) is 3.51. The van der Waals surface area contributed by atoms with Crippen LogP contribution in [0.4, 0.5) is 0 Å². The van der Waals surface area contributed by atoms with Crippen molar-refractivity contribution in [3.8, 4) is 0 Å². The van der Waals surface area contributed by atoms with Crippen LogP contribution in [0.1, 0.15) is 45.2 Å². The first-order chi connectivity index (χ1) is 8.37. The lowest BCUT2D eigenvalue weighted by molar-refractivity contribution is 0.431. The van der Waals surface area contributed by atoms with Crippen LogP contribution in [0.3, 0.4) is 0 Å². The van der Waals surface area contributed by atoms with Gasteiger partial charge in [0, 0.05) is 5.54 Å². The van der Waals surface area contributed by atoms with Gasteiger partial charge in [0.1, 0.15) is 0 Å². The zero-order valence-electron chi connectivity index (χ0n) is 12.5. The predicted molar refractivity (Wildman–Crippen MR) is 81.0 cm³/mol. The average molecular weight is 245 g/mol. The monoisotopic (exact) mass is 245 g/mol. The van der Waals surface area contributed by atoms with Gasteiger partial charge in [-0.1, -0.05) is 41.5 Å². The molecule has 1 aromatic rings. The summed E-state index contributed by atoms with van der Waals surface area (Å²) in [6.07, 6.45) is 4.52. The van der Waals surface area contributed by atoms with E-state index in [-0.39, 0.29) is 5.54 Å². The number of allylic oxidation sites excluding steroid dienone is 1. The van der Waals surface area contributed by atoms with E-state index in [1.807, 2.05) is 0 Å². The van der Waals surface area contributed by atoms with Crippen molar-refractivity contribution in [2.45, 2.75) is 53.0 Å². The molecule has 0 atom stereocenters. The molecule has 1 aromatic carbocycles. The molecular weight excluding hydrogens is 218 g/mol. The summed E-state index contributed by atoms with van der Waals surface area (Å²) >= 11 is 0. The van der Waals surface area contributed by atoms with E-state index in [0.29, 0.717) is 0 Å². The molecule has 100 valence electrons. The Kier molecular flexibility index (Phi) is 5.61. The van der Waals surface area contributed by atoms with Crippen molar-refractivity contribution in [2.24, 2.45) is 0 Å². The van der Waals surface area contributed by atoms with Crippen LogP contribution in [-0.4, -0.2) is 12.1 Å². The van der Waals surface area contributed by atoms with Crippen LogP contribution in [0.2, 0.25) is 0 Å². The number of aryl methyl sites for hydroxylation is 1. The number of rotatable bonds is 5. The maximum atomic E-state index is 3.51. The van der Waals surface area contributed by atoms with Crippen LogP contribution in [-0.2, 0) is 6.42 Å². The van der Waals surface area contributed by atoms with Crippen molar-refractivity contribution in [1.82, 2.24) is 5.32 Å². The van der Waals surface area contributed by atoms with Gasteiger partial charge in [0.15, 0.2) is 0 Å². The molecule has 1 N–H and O–H groups in total. The van der Waals surface area contributed by atoms with Crippen molar-refractivity contribution < 1.29 is 0 Å². The summed E-state index contributed by atoms with van der Waals surface area (Å²) in [6.45, 7) is 12.0. The van der Waals surface area contributed by atoms with Crippen LogP contribution in [0.25, 0.3) is 0 Å². The molecule has 0 amide bonds. The van der Waals surface area contributed by atoms with Crippen LogP contribution in [0, 0.1) is 6.92 Å². The number of nitrogens with one attached hydrogen (secondary N) is 1. The van der Waals surface area contributed by atoms with E-state index >= 15 is 0 Å². The molecule has 0 radical (unpaired) electrons. The van der Waals surface area contributed by atoms with Gasteiger partial charge in [-0.05, 0) is 59.6 Å². The minimum atomic E-state index is 0.221. The SMILES string of the molecule is CC(=CCCNC(C)(C)C)Cc1cccc(C)c1. The summed E-state index contributed by atoms with van der Waals surface area (Å²) in [7, 11) is 0. The van der Waals surface area contributed by atoms with Gasteiger partial charge in [-0.3, -0.25) is 0 Å². The molecule has 0 aromatic heterocycles. The molecule has 0 unspecified atom stereocenters. The molecule has 0 aliphatic heterocycles. The molecule has 0 fully saturated rings. The molecule has 0 aliphatic rings. The summed E-state index contributed by atoms with van der Waals surface area (Å²) in [6, 6.07) is 8.76. The first-order valence-corrected chi connectivity index (χ1v) is 6.83. The van der Waals surface area contributed by atoms with Gasteiger partial charge in [0.2, 0.25) is 0 Å². The quantitative estimate of drug-likeness (QED) is 0.603. The average Bonchev–Trinajstić information content (AvgIpc) is 2.23. The van der Waals surface area contributed by atoms with Crippen LogP contribution >= 0.6 is 0 Å². The van der Waals surface area contributed by atoms with Gasteiger partial charge in [0.25, 0.3) is 0 Å². The zero-order chi connectivity index (χ0) is 13.6. The molecule has 1 rings (SSSR count). The highest BCUT2D eigenvalue weighted by molar-refractivity contribution is 5.26. The molecule has 1 nitrogen and oxygen atoms in total. The summed E-state index contributed by atoms with van der Waals surface area (Å²) in [5.41, 5.74) is 4.43. The number of hydrogen-bond donors (Lipinski definition) is 1. The van der Waals surface area contributed by atoms with E-state index in [1.165, 1.54) is 16.7 Å². The normalized spacial score (nSPS) is 12.8. The molecule has 0 bridgehead atoms. The molecule has 0 saturated carbocycles. The standard InChI is InChI=1S/C17H27N/c1-14-8-6-10-16(12-14)13-15(2)9-7-11-18-17(3,4)5/h6,8-10,12,18H,7,11,13H2,1-5H3. The summed E-state index contributed by atoms with van der Waals surface area (Å²) in [4.78, 5) is 0. The van der Waals surface area contributed by atoms with E-state index in [9.17, 15) is 0 Å². The van der Waals surface area contributed by atoms with Gasteiger partial charge in [-0.2, -0.15) is 0 Å². The van der Waals surface area contributed by atoms with Gasteiger partial charge in [-0.25, -0.2) is 0 Å². The molecule has 1 heteroatoms. The minimum Gasteiger partial charge on any atom is -0.312 e. The molecular formula is C17H27N. The zero-order valence-corrected chi connectivity index (χ0v) is 12.5. The fraction of sp³-hybridized carbons (Fsp3) is 0.529. The Morgan fingerprint density at radius 3 is 2.61 bits per heavy atom. The summed E-state index contributed by atoms with van der Waals surface area (Å²) < 4.78 is 0. The van der Waals surface area contributed by atoms with Crippen molar-refractivity contribution in [3.05, 3.63) is 47.0 Å². The number of benzene rings is 1. The smallest absolute Gasteiger partial charge is 0.00966 e. The van der Waals surface area contributed by atoms with Gasteiger partial charge in [-0.15, -0.1) is 0 Å². The topological polar surface area (TPSA) is 12.0 Å². The van der Waals surface area contributed by atoms with E-state index in [4.69, 9.17) is 0 Å². The molecule has 0 aliphatic carbocycles. The lowest BCUT2D eigenvalue weighted by Crippen LogP contribution is -2.36. The maximum absolute atomic E-state index is 3.51. The van der Waals surface area contributed by atoms with E-state index < -0.39 is 0 Å². The van der Waals surface area contributed by atoms with Crippen molar-refractivity contribution >= 4 is 0 Å². The fourth-order valence-electron chi connectivity index (χ4n) is 1.98. The Balaban J connectivity index is 2.38. The van der Waals surface area contributed by atoms with Crippen molar-refractivity contribution in [3.63, 3.8) is 0 Å². The summed E-state index contributed by atoms with van der Waals surface area (Å²) in [5.74, 6) is 0. The Bertz CT molecular complexity index is 396. The lowest BCUT2D eigenvalue weighted by atomic mass is 10.0. The van der Waals surface area contributed by atoms with Crippen LogP contribution in [0.5, 0.6) is 0 Å². The second-order valence-electron chi connectivity index (χ2n) is 6.18. The third-order valence-electron chi connectivity index (χ3n) is 2.86. The highest BCUT2D eigenvalue weighted by Crippen LogP contribution is 2.10. The predicted octanol–water partition coefficient (Wildman–Crippen LogP) is 4.26. The van der Waals surface area contributed by atoms with E-state index in [0.717, 1.165) is 19.4 Å². The Morgan fingerprint density at radius 2 is 2.00 bits per heavy atom. The highest BCUT2D eigenvalue weighted by atomic mass is 14.9. The first-order valence-electron chi connectivity index (χ1n) is 6.83. The lowest BCUT2D eigenvalue weighted by Gasteiger charge is -2.19. The molecule has 0 spiro atoms. The van der Waals surface area contributed by atoms with Crippen molar-refractivity contribution in [2.75, 3.05) is 6.54 Å². The van der Waals surface area contributed by atoms with Crippen molar-refractivity contribution in [1.29, 1.82) is 0 Å². The Hall–Kier alpha value is -1.08. The molecule has 0 heterocycles. The van der Waals surface area contributed by atoms with Crippen LogP contribution < -0.4 is 5.32 Å². The maximum Gasteiger partial charge on any atom is 0.00966 e. The second kappa shape index (κ2) is 6.75. The third-order valence-corrected chi connectivity index (χ3v) is 2.86. The largest absolute Gasteiger partial charge is 0.312 e. The molecule has 0 saturated heterocycles. The van der Waals surface area contributed by atoms with Crippen LogP contribution in [0.15, 0.2) is 35.9 Å². The minimum absolute atomic E-state index is 0.221. The van der Waals surface area contributed by atoms with Gasteiger partial charge < -0.3 is 5.32 Å². The van der Waals surface area contributed by atoms with E-state index in [1.54, 1.807) is 0 Å². The third kappa shape index (κ3) is 6.61. The fourth-order valence-corrected chi connectivity index (χ4v) is 1.98. The van der Waals surface area contributed by atoms with Gasteiger partial charge >= 0.3 is 0 Å². The molecule has 18 heavy (non-hydrogen) atoms. The Morgan fingerprint density at radius 1 is 1.28 bits per heavy atom. The number of hydrogen-bond acceptors (Lipinski definition) is 1. The van der Waals surface area contributed by atoms with E-state index in [2.05, 4.69) is 70.3 Å². The first kappa shape index (κ1) is 15.0. The van der Waals surface area contributed by atoms with Gasteiger partial charge in [0.05, 0.1) is 0 Å². The Labute approximate surface area is 112 Å². The second-order valence-corrected chi connectivity index (χ2v) is 6.18.